The highest BCUT2D eigenvalue weighted by Crippen LogP contribution is 2.10. The first-order valence-electron chi connectivity index (χ1n) is 7.59. The third-order valence-corrected chi connectivity index (χ3v) is 2.38. The maximum absolute atomic E-state index is 11.7. The molecule has 22 heavy (non-hydrogen) atoms. The summed E-state index contributed by atoms with van der Waals surface area (Å²) < 4.78 is 5.05. The van der Waals surface area contributed by atoms with E-state index in [1.165, 1.54) is 0 Å². The van der Waals surface area contributed by atoms with E-state index in [9.17, 15) is 9.59 Å². The van der Waals surface area contributed by atoms with Crippen molar-refractivity contribution in [2.75, 3.05) is 0 Å². The van der Waals surface area contributed by atoms with Gasteiger partial charge in [0.15, 0.2) is 5.78 Å². The molecule has 0 bridgehead atoms. The van der Waals surface area contributed by atoms with Crippen molar-refractivity contribution < 1.29 is 14.3 Å². The van der Waals surface area contributed by atoms with Crippen LogP contribution in [0.15, 0.2) is 60.7 Å². The Balaban J connectivity index is 0.00000102. The van der Waals surface area contributed by atoms with Crippen molar-refractivity contribution in [1.82, 2.24) is 0 Å². The summed E-state index contributed by atoms with van der Waals surface area (Å²) in [5, 5.41) is 0. The highest BCUT2D eigenvalue weighted by atomic mass is 16.5. The van der Waals surface area contributed by atoms with E-state index in [1.54, 1.807) is 48.5 Å². The monoisotopic (exact) mass is 300 g/mol. The lowest BCUT2D eigenvalue weighted by Crippen LogP contribution is -2.14. The number of esters is 1. The third kappa shape index (κ3) is 7.39. The standard InChI is InChI=1S/C15H12O3.2C2H6/c16-14(12-7-3-1-4-8-12)11-15(17)18-13-9-5-2-6-10-13;2*1-2/h1-10H,11H2;2*1-2H3. The Morgan fingerprint density at radius 2 is 1.23 bits per heavy atom. The summed E-state index contributed by atoms with van der Waals surface area (Å²) in [6.07, 6.45) is -0.251. The van der Waals surface area contributed by atoms with Gasteiger partial charge in [0.1, 0.15) is 12.2 Å². The van der Waals surface area contributed by atoms with Gasteiger partial charge in [0.05, 0.1) is 0 Å². The van der Waals surface area contributed by atoms with Crippen LogP contribution in [0.25, 0.3) is 0 Å². The van der Waals surface area contributed by atoms with E-state index in [1.807, 2.05) is 39.8 Å². The molecule has 0 atom stereocenters. The first-order valence-corrected chi connectivity index (χ1v) is 7.59. The highest BCUT2D eigenvalue weighted by Gasteiger charge is 2.13. The summed E-state index contributed by atoms with van der Waals surface area (Å²) in [5.41, 5.74) is 0.516. The van der Waals surface area contributed by atoms with Crippen LogP contribution in [0.5, 0.6) is 5.75 Å². The van der Waals surface area contributed by atoms with Crippen molar-refractivity contribution in [3.05, 3.63) is 66.2 Å². The summed E-state index contributed by atoms with van der Waals surface area (Å²) in [6.45, 7) is 8.00. The molecule has 2 aromatic carbocycles. The minimum atomic E-state index is -0.546. The molecule has 0 radical (unpaired) electrons. The van der Waals surface area contributed by atoms with Crippen LogP contribution in [0.3, 0.4) is 0 Å². The molecular weight excluding hydrogens is 276 g/mol. The van der Waals surface area contributed by atoms with Gasteiger partial charge < -0.3 is 4.74 Å². The molecule has 0 aliphatic carbocycles. The number of hydrogen-bond acceptors (Lipinski definition) is 3. The number of para-hydroxylation sites is 1. The Bertz CT molecular complexity index is 533. The van der Waals surface area contributed by atoms with Crippen LogP contribution < -0.4 is 4.74 Å². The molecule has 0 spiro atoms. The summed E-state index contributed by atoms with van der Waals surface area (Å²) in [7, 11) is 0. The summed E-state index contributed by atoms with van der Waals surface area (Å²) in [5.74, 6) is -0.338. The van der Waals surface area contributed by atoms with Crippen molar-refractivity contribution in [1.29, 1.82) is 0 Å². The molecule has 2 rings (SSSR count). The van der Waals surface area contributed by atoms with E-state index >= 15 is 0 Å². The first-order chi connectivity index (χ1) is 10.8. The molecule has 0 fully saturated rings. The molecule has 0 unspecified atom stereocenters. The molecule has 0 amide bonds. The lowest BCUT2D eigenvalue weighted by Gasteiger charge is -2.03. The number of ether oxygens (including phenoxy) is 1. The molecule has 0 saturated carbocycles. The van der Waals surface area contributed by atoms with Crippen molar-refractivity contribution in [2.24, 2.45) is 0 Å². The molecule has 0 aromatic heterocycles. The zero-order valence-electron chi connectivity index (χ0n) is 13.7. The quantitative estimate of drug-likeness (QED) is 0.348. The van der Waals surface area contributed by atoms with Gasteiger partial charge in [0, 0.05) is 5.56 Å². The highest BCUT2D eigenvalue weighted by molar-refractivity contribution is 6.06. The number of hydrogen-bond donors (Lipinski definition) is 0. The van der Waals surface area contributed by atoms with Gasteiger partial charge in [-0.15, -0.1) is 0 Å². The number of ketones is 1. The van der Waals surface area contributed by atoms with Crippen molar-refractivity contribution >= 4 is 11.8 Å². The van der Waals surface area contributed by atoms with E-state index < -0.39 is 5.97 Å². The van der Waals surface area contributed by atoms with E-state index in [0.29, 0.717) is 11.3 Å². The van der Waals surface area contributed by atoms with Crippen molar-refractivity contribution in [2.45, 2.75) is 34.1 Å². The Kier molecular flexibility index (Phi) is 11.0. The number of carbonyl (C=O) groups excluding carboxylic acids is 2. The fourth-order valence-electron chi connectivity index (χ4n) is 1.51. The second-order valence-corrected chi connectivity index (χ2v) is 3.75. The van der Waals surface area contributed by atoms with Gasteiger partial charge in [-0.3, -0.25) is 9.59 Å². The van der Waals surface area contributed by atoms with Crippen LogP contribution in [0.1, 0.15) is 44.5 Å². The van der Waals surface area contributed by atoms with Crippen LogP contribution in [0, 0.1) is 0 Å². The van der Waals surface area contributed by atoms with Crippen LogP contribution >= 0.6 is 0 Å². The zero-order chi connectivity index (χ0) is 16.8. The molecular formula is C19H24O3. The summed E-state index contributed by atoms with van der Waals surface area (Å²) >= 11 is 0. The van der Waals surface area contributed by atoms with Crippen LogP contribution in [-0.2, 0) is 4.79 Å². The maximum Gasteiger partial charge on any atom is 0.319 e. The number of rotatable bonds is 4. The minimum Gasteiger partial charge on any atom is -0.426 e. The van der Waals surface area contributed by atoms with Crippen LogP contribution in [0.2, 0.25) is 0 Å². The lowest BCUT2D eigenvalue weighted by atomic mass is 10.1. The van der Waals surface area contributed by atoms with Gasteiger partial charge in [-0.1, -0.05) is 76.2 Å². The van der Waals surface area contributed by atoms with Crippen molar-refractivity contribution in [3.8, 4) is 5.75 Å². The van der Waals surface area contributed by atoms with Crippen LogP contribution in [0.4, 0.5) is 0 Å². The van der Waals surface area contributed by atoms with Crippen LogP contribution in [-0.4, -0.2) is 11.8 Å². The topological polar surface area (TPSA) is 43.4 Å². The smallest absolute Gasteiger partial charge is 0.319 e. The predicted molar refractivity (Wildman–Crippen MR) is 90.2 cm³/mol. The second-order valence-electron chi connectivity index (χ2n) is 3.75. The molecule has 3 nitrogen and oxygen atoms in total. The van der Waals surface area contributed by atoms with Gasteiger partial charge in [0.25, 0.3) is 0 Å². The molecule has 118 valence electrons. The molecule has 0 saturated heterocycles. The second kappa shape index (κ2) is 12.3. The van der Waals surface area contributed by atoms with E-state index in [-0.39, 0.29) is 12.2 Å². The molecule has 0 heterocycles. The molecule has 3 heteroatoms. The SMILES string of the molecule is CC.CC.O=C(CC(=O)c1ccccc1)Oc1ccccc1. The van der Waals surface area contributed by atoms with Gasteiger partial charge in [-0.25, -0.2) is 0 Å². The zero-order valence-corrected chi connectivity index (χ0v) is 13.7. The Morgan fingerprint density at radius 1 is 0.773 bits per heavy atom. The fraction of sp³-hybridized carbons (Fsp3) is 0.263. The Labute approximate surface area is 132 Å². The average Bonchev–Trinajstić information content (AvgIpc) is 2.60. The van der Waals surface area contributed by atoms with E-state index in [0.717, 1.165) is 0 Å². The largest absolute Gasteiger partial charge is 0.426 e. The van der Waals surface area contributed by atoms with E-state index in [2.05, 4.69) is 0 Å². The van der Waals surface area contributed by atoms with Gasteiger partial charge >= 0.3 is 5.97 Å². The first kappa shape index (κ1) is 19.6. The average molecular weight is 300 g/mol. The molecule has 0 aliphatic heterocycles. The third-order valence-electron chi connectivity index (χ3n) is 2.38. The minimum absolute atomic E-state index is 0.239. The normalized spacial score (nSPS) is 8.55. The molecule has 0 N–H and O–H groups in total. The van der Waals surface area contributed by atoms with E-state index in [4.69, 9.17) is 4.74 Å². The fourth-order valence-corrected chi connectivity index (χ4v) is 1.51. The van der Waals surface area contributed by atoms with Gasteiger partial charge in [-0.2, -0.15) is 0 Å². The molecule has 0 aliphatic rings. The number of benzene rings is 2. The maximum atomic E-state index is 11.7. The summed E-state index contributed by atoms with van der Waals surface area (Å²) in [4.78, 5) is 23.3. The lowest BCUT2D eigenvalue weighted by molar-refractivity contribution is -0.133. The number of Topliss-reactive ketones (excluding diaryl/α,β-unsaturated/α-hetero) is 1. The summed E-state index contributed by atoms with van der Waals surface area (Å²) in [6, 6.07) is 17.4. The molecule has 2 aromatic rings. The Morgan fingerprint density at radius 3 is 1.73 bits per heavy atom. The van der Waals surface area contributed by atoms with Crippen molar-refractivity contribution in [3.63, 3.8) is 0 Å². The predicted octanol–water partition coefficient (Wildman–Crippen LogP) is 4.92. The van der Waals surface area contributed by atoms with Gasteiger partial charge in [0.2, 0.25) is 0 Å². The number of carbonyl (C=O) groups is 2. The van der Waals surface area contributed by atoms with Gasteiger partial charge in [-0.05, 0) is 12.1 Å². The Hall–Kier alpha value is -2.42.